The summed E-state index contributed by atoms with van der Waals surface area (Å²) in [6.07, 6.45) is 8.23. The molecule has 2 unspecified atom stereocenters. The van der Waals surface area contributed by atoms with Crippen molar-refractivity contribution in [3.63, 3.8) is 0 Å². The summed E-state index contributed by atoms with van der Waals surface area (Å²) < 4.78 is 36.6. The molecule has 2 atom stereocenters. The molecule has 3 aromatic rings. The van der Waals surface area contributed by atoms with Crippen LogP contribution in [0.3, 0.4) is 0 Å². The summed E-state index contributed by atoms with van der Waals surface area (Å²) in [5, 5.41) is 3.55. The largest absolute Gasteiger partial charge is 0.488 e. The van der Waals surface area contributed by atoms with Crippen molar-refractivity contribution < 1.29 is 38.0 Å². The van der Waals surface area contributed by atoms with E-state index in [1.807, 2.05) is 38.1 Å². The fourth-order valence-corrected chi connectivity index (χ4v) is 5.50. The lowest BCUT2D eigenvalue weighted by molar-refractivity contribution is -0.155. The summed E-state index contributed by atoms with van der Waals surface area (Å²) in [6, 6.07) is 14.3. The zero-order chi connectivity index (χ0) is 34.6. The minimum atomic E-state index is -0.541. The number of rotatable bonds is 25. The van der Waals surface area contributed by atoms with Crippen molar-refractivity contribution in [2.45, 2.75) is 117 Å². The Kier molecular flexibility index (Phi) is 18.2. The van der Waals surface area contributed by atoms with Gasteiger partial charge < -0.3 is 28.4 Å². The highest BCUT2D eigenvalue weighted by Gasteiger charge is 2.22. The molecule has 0 aromatic heterocycles. The van der Waals surface area contributed by atoms with Gasteiger partial charge >= 0.3 is 11.9 Å². The van der Waals surface area contributed by atoms with Crippen LogP contribution >= 0.6 is 0 Å². The Bertz CT molecular complexity index is 1390. The van der Waals surface area contributed by atoms with E-state index in [-0.39, 0.29) is 38.4 Å². The summed E-state index contributed by atoms with van der Waals surface area (Å²) in [6.45, 7) is 12.4. The molecule has 0 fully saturated rings. The van der Waals surface area contributed by atoms with Gasteiger partial charge in [-0.15, -0.1) is 0 Å². The Balaban J connectivity index is 1.94. The lowest BCUT2D eigenvalue weighted by Crippen LogP contribution is -2.30. The zero-order valence-electron chi connectivity index (χ0n) is 30.0. The van der Waals surface area contributed by atoms with Gasteiger partial charge in [-0.1, -0.05) is 96.7 Å². The van der Waals surface area contributed by atoms with Crippen molar-refractivity contribution in [2.75, 3.05) is 39.6 Å². The van der Waals surface area contributed by atoms with Gasteiger partial charge in [0.2, 0.25) is 0 Å². The van der Waals surface area contributed by atoms with E-state index in [1.54, 1.807) is 0 Å². The number of fused-ring (bicyclic) bond motifs is 2. The van der Waals surface area contributed by atoms with E-state index >= 15 is 0 Å². The van der Waals surface area contributed by atoms with Crippen LogP contribution in [0.2, 0.25) is 0 Å². The Hall–Kier alpha value is -3.36. The lowest BCUT2D eigenvalue weighted by atomic mass is 9.98. The maximum absolute atomic E-state index is 12.5. The average molecular weight is 667 g/mol. The van der Waals surface area contributed by atoms with E-state index in [0.29, 0.717) is 50.4 Å². The molecular formula is C40H58O8. The van der Waals surface area contributed by atoms with Crippen molar-refractivity contribution >= 4 is 33.5 Å². The van der Waals surface area contributed by atoms with Crippen molar-refractivity contribution in [1.82, 2.24) is 0 Å². The Morgan fingerprint density at radius 3 is 1.50 bits per heavy atom. The first-order valence-electron chi connectivity index (χ1n) is 18.2. The molecule has 0 radical (unpaired) electrons. The Morgan fingerprint density at radius 1 is 0.562 bits per heavy atom. The molecule has 8 nitrogen and oxygen atoms in total. The number of ether oxygens (including phenoxy) is 6. The third-order valence-corrected chi connectivity index (χ3v) is 8.12. The molecule has 0 N–H and O–H groups in total. The highest BCUT2D eigenvalue weighted by atomic mass is 16.6. The summed E-state index contributed by atoms with van der Waals surface area (Å²) >= 11 is 0. The minimum Gasteiger partial charge on any atom is -0.488 e. The van der Waals surface area contributed by atoms with Crippen LogP contribution in [0.25, 0.3) is 21.5 Å². The number of hydrogen-bond donors (Lipinski definition) is 0. The number of benzene rings is 3. The van der Waals surface area contributed by atoms with E-state index in [4.69, 9.17) is 28.4 Å². The highest BCUT2D eigenvalue weighted by Crippen LogP contribution is 2.43. The van der Waals surface area contributed by atoms with Crippen LogP contribution in [-0.2, 0) is 35.0 Å². The van der Waals surface area contributed by atoms with Crippen LogP contribution in [0.1, 0.15) is 104 Å². The third kappa shape index (κ3) is 12.6. The Labute approximate surface area is 287 Å². The molecule has 0 amide bonds. The highest BCUT2D eigenvalue weighted by molar-refractivity contribution is 6.11. The molecule has 0 aliphatic carbocycles. The van der Waals surface area contributed by atoms with Gasteiger partial charge in [-0.2, -0.15) is 0 Å². The maximum atomic E-state index is 12.5. The van der Waals surface area contributed by atoms with E-state index in [2.05, 4.69) is 39.0 Å². The number of esters is 2. The second-order valence-corrected chi connectivity index (χ2v) is 12.3. The molecule has 0 heterocycles. The lowest BCUT2D eigenvalue weighted by Gasteiger charge is -2.23. The molecule has 0 aliphatic rings. The van der Waals surface area contributed by atoms with Crippen LogP contribution in [-0.4, -0.2) is 63.8 Å². The molecule has 0 spiro atoms. The smallest absolute Gasteiger partial charge is 0.306 e. The minimum absolute atomic E-state index is 0.156. The molecule has 3 aromatic carbocycles. The average Bonchev–Trinajstić information content (AvgIpc) is 3.09. The second kappa shape index (κ2) is 22.3. The fraction of sp³-hybridized carbons (Fsp3) is 0.600. The molecule has 0 aliphatic heterocycles. The van der Waals surface area contributed by atoms with Gasteiger partial charge in [-0.25, -0.2) is 0 Å². The monoisotopic (exact) mass is 666 g/mol. The predicted molar refractivity (Wildman–Crippen MR) is 192 cm³/mol. The topological polar surface area (TPSA) is 89.5 Å². The quantitative estimate of drug-likeness (QED) is 0.0503. The number of carbonyl (C=O) groups is 2. The van der Waals surface area contributed by atoms with Crippen molar-refractivity contribution in [2.24, 2.45) is 0 Å². The number of unbranched alkanes of at least 4 members (excludes halogenated alkanes) is 4. The van der Waals surface area contributed by atoms with Crippen molar-refractivity contribution in [3.05, 3.63) is 48.0 Å². The summed E-state index contributed by atoms with van der Waals surface area (Å²) in [7, 11) is 0. The van der Waals surface area contributed by atoms with Crippen LogP contribution < -0.4 is 9.47 Å². The standard InChI is InChI=1S/C40H58O8/c1-6-11-15-23-43-26-31(47-37(41)17-8-3)28-45-39-33-19-13-14-20-34(33)40(36-25-30(10-5)21-22-35(36)39)46-29-32(48-38(42)18-9-4)27-44-24-16-12-7-2/h13-14,19-22,25,31-32H,6-12,15-18,23-24,26-29H2,1-5H3. The van der Waals surface area contributed by atoms with Crippen molar-refractivity contribution in [1.29, 1.82) is 0 Å². The van der Waals surface area contributed by atoms with Crippen molar-refractivity contribution in [3.8, 4) is 11.5 Å². The molecular weight excluding hydrogens is 608 g/mol. The molecule has 8 heteroatoms. The normalized spacial score (nSPS) is 12.6. The third-order valence-electron chi connectivity index (χ3n) is 8.12. The molecule has 48 heavy (non-hydrogen) atoms. The molecule has 266 valence electrons. The number of carbonyl (C=O) groups excluding carboxylic acids is 2. The van der Waals surface area contributed by atoms with Gasteiger partial charge in [-0.05, 0) is 43.7 Å². The first-order valence-corrected chi connectivity index (χ1v) is 18.2. The van der Waals surface area contributed by atoms with Gasteiger partial charge in [0.25, 0.3) is 0 Å². The number of hydrogen-bond acceptors (Lipinski definition) is 8. The van der Waals surface area contributed by atoms with E-state index in [0.717, 1.165) is 72.1 Å². The first-order chi connectivity index (χ1) is 23.4. The van der Waals surface area contributed by atoms with Crippen LogP contribution in [0, 0.1) is 0 Å². The van der Waals surface area contributed by atoms with Crippen LogP contribution in [0.5, 0.6) is 11.5 Å². The first kappa shape index (κ1) is 39.1. The van der Waals surface area contributed by atoms with Gasteiger partial charge in [0.1, 0.15) is 24.7 Å². The van der Waals surface area contributed by atoms with E-state index < -0.39 is 12.2 Å². The van der Waals surface area contributed by atoms with E-state index in [9.17, 15) is 9.59 Å². The van der Waals surface area contributed by atoms with Gasteiger partial charge in [-0.3, -0.25) is 9.59 Å². The molecule has 0 saturated carbocycles. The summed E-state index contributed by atoms with van der Waals surface area (Å²) in [5.74, 6) is 0.899. The molecule has 3 rings (SSSR count). The molecule has 0 saturated heterocycles. The zero-order valence-corrected chi connectivity index (χ0v) is 30.0. The summed E-state index contributed by atoms with van der Waals surface area (Å²) in [4.78, 5) is 25.0. The van der Waals surface area contributed by atoms with Crippen LogP contribution in [0.15, 0.2) is 42.5 Å². The Morgan fingerprint density at radius 2 is 1.04 bits per heavy atom. The SMILES string of the molecule is CCCCCOCC(COc1c2ccccc2c(OCC(COCCCCC)OC(=O)CCC)c2cc(CC)ccc12)OC(=O)CCC. The van der Waals surface area contributed by atoms with Gasteiger partial charge in [0, 0.05) is 47.6 Å². The van der Waals surface area contributed by atoms with E-state index in [1.165, 1.54) is 0 Å². The fourth-order valence-electron chi connectivity index (χ4n) is 5.50. The van der Waals surface area contributed by atoms with Crippen LogP contribution in [0.4, 0.5) is 0 Å². The van der Waals surface area contributed by atoms with Gasteiger partial charge in [0.05, 0.1) is 13.2 Å². The van der Waals surface area contributed by atoms with Gasteiger partial charge in [0.15, 0.2) is 12.2 Å². The maximum Gasteiger partial charge on any atom is 0.306 e. The summed E-state index contributed by atoms with van der Waals surface area (Å²) in [5.41, 5.74) is 1.16. The second-order valence-electron chi connectivity index (χ2n) is 12.3. The molecule has 0 bridgehead atoms. The predicted octanol–water partition coefficient (Wildman–Crippen LogP) is 9.15. The number of aryl methyl sites for hydroxylation is 1.